The lowest BCUT2D eigenvalue weighted by Gasteiger charge is -2.44. The summed E-state index contributed by atoms with van der Waals surface area (Å²) in [5, 5.41) is 2.84. The first-order chi connectivity index (χ1) is 16.2. The first-order valence-electron chi connectivity index (χ1n) is 13.3. The molecule has 1 spiro atoms. The Morgan fingerprint density at radius 2 is 1.74 bits per heavy atom. The highest BCUT2D eigenvalue weighted by atomic mass is 16.2. The second-order valence-electron chi connectivity index (χ2n) is 11.4. The van der Waals surface area contributed by atoms with E-state index in [0.29, 0.717) is 35.8 Å². The molecule has 0 bridgehead atoms. The zero-order chi connectivity index (χ0) is 24.3. The summed E-state index contributed by atoms with van der Waals surface area (Å²) in [4.78, 5) is 35.3. The summed E-state index contributed by atoms with van der Waals surface area (Å²) in [7, 11) is 0. The van der Waals surface area contributed by atoms with E-state index in [1.165, 1.54) is 6.42 Å². The number of carbonyl (C=O) groups is 2. The molecule has 2 heterocycles. The minimum atomic E-state index is -0.382. The minimum Gasteiger partial charge on any atom is -0.352 e. The van der Waals surface area contributed by atoms with Gasteiger partial charge in [0.25, 0.3) is 11.8 Å². The topological polar surface area (TPSA) is 65.0 Å². The van der Waals surface area contributed by atoms with E-state index in [1.54, 1.807) is 0 Å². The van der Waals surface area contributed by atoms with Crippen LogP contribution in [0.25, 0.3) is 0 Å². The van der Waals surface area contributed by atoms with E-state index in [2.05, 4.69) is 35.9 Å². The summed E-state index contributed by atoms with van der Waals surface area (Å²) in [5.74, 6) is 1.46. The molecule has 3 aliphatic rings. The second-order valence-corrected chi connectivity index (χ2v) is 11.4. The number of hydrogen-bond donors (Lipinski definition) is 1. The van der Waals surface area contributed by atoms with Crippen molar-refractivity contribution in [2.45, 2.75) is 84.7 Å². The average Bonchev–Trinajstić information content (AvgIpc) is 3.09. The lowest BCUT2D eigenvalue weighted by Crippen LogP contribution is -2.51. The molecule has 1 aliphatic carbocycles. The summed E-state index contributed by atoms with van der Waals surface area (Å²) in [6.07, 6.45) is 8.44. The van der Waals surface area contributed by atoms with E-state index in [9.17, 15) is 9.59 Å². The van der Waals surface area contributed by atoms with Crippen LogP contribution in [0.4, 0.5) is 0 Å². The number of amides is 2. The van der Waals surface area contributed by atoms with Gasteiger partial charge >= 0.3 is 0 Å². The van der Waals surface area contributed by atoms with Crippen LogP contribution < -0.4 is 5.32 Å². The zero-order valence-electron chi connectivity index (χ0n) is 21.5. The molecule has 0 atom stereocenters. The number of rotatable bonds is 5. The molecule has 186 valence electrons. The fourth-order valence-corrected chi connectivity index (χ4v) is 5.89. The lowest BCUT2D eigenvalue weighted by atomic mass is 9.69. The number of piperidine rings is 1. The normalized spacial score (nSPS) is 25.6. The number of nitrogens with one attached hydrogen (secondary N) is 1. The molecular formula is C28H42N4O2. The van der Waals surface area contributed by atoms with Crippen LogP contribution in [0.3, 0.4) is 0 Å². The fourth-order valence-electron chi connectivity index (χ4n) is 5.89. The second kappa shape index (κ2) is 10.1. The first kappa shape index (κ1) is 24.7. The zero-order valence-corrected chi connectivity index (χ0v) is 21.5. The van der Waals surface area contributed by atoms with Gasteiger partial charge in [0.05, 0.1) is 0 Å². The summed E-state index contributed by atoms with van der Waals surface area (Å²) in [6, 6.07) is 7.79. The van der Waals surface area contributed by atoms with Crippen LogP contribution >= 0.6 is 0 Å². The standard InChI is InChI=1S/C28H42N4O2/c1-5-29-25(33)22-11-9-21(10-12-22)15-20-32-26(34)24(31-18-7-6-8-19-31)30-28(32)16-13-23(14-17-28)27(2,3)4/h9-12,23H,5-8,13-20H2,1-4H3,(H,29,33). The van der Waals surface area contributed by atoms with Crippen LogP contribution in [0.5, 0.6) is 0 Å². The van der Waals surface area contributed by atoms with Gasteiger partial charge in [-0.1, -0.05) is 32.9 Å². The molecule has 1 saturated carbocycles. The Hall–Kier alpha value is -2.37. The highest BCUT2D eigenvalue weighted by Crippen LogP contribution is 2.46. The molecule has 0 aromatic heterocycles. The predicted molar refractivity (Wildman–Crippen MR) is 137 cm³/mol. The van der Waals surface area contributed by atoms with Crippen LogP contribution in [-0.4, -0.2) is 59.3 Å². The van der Waals surface area contributed by atoms with Gasteiger partial charge in [0.15, 0.2) is 5.84 Å². The highest BCUT2D eigenvalue weighted by molar-refractivity contribution is 6.39. The number of hydrogen-bond acceptors (Lipinski definition) is 4. The molecule has 6 nitrogen and oxygen atoms in total. The molecule has 0 radical (unpaired) electrons. The SMILES string of the molecule is CCNC(=O)c1ccc(CCN2C(=O)C(N3CCCCC3)=NC23CCC(C(C)(C)C)CC3)cc1. The Balaban J connectivity index is 1.50. The molecule has 0 unspecified atom stereocenters. The molecule has 1 saturated heterocycles. The van der Waals surface area contributed by atoms with Gasteiger partial charge in [-0.25, -0.2) is 4.99 Å². The number of benzene rings is 1. The van der Waals surface area contributed by atoms with E-state index in [4.69, 9.17) is 4.99 Å². The molecule has 2 fully saturated rings. The number of carbonyl (C=O) groups excluding carboxylic acids is 2. The van der Waals surface area contributed by atoms with E-state index < -0.39 is 0 Å². The fraction of sp³-hybridized carbons (Fsp3) is 0.679. The summed E-state index contributed by atoms with van der Waals surface area (Å²) < 4.78 is 0. The van der Waals surface area contributed by atoms with Crippen molar-refractivity contribution >= 4 is 17.6 Å². The first-order valence-corrected chi connectivity index (χ1v) is 13.3. The summed E-state index contributed by atoms with van der Waals surface area (Å²) in [5.41, 5.74) is 1.73. The van der Waals surface area contributed by atoms with Gasteiger partial charge in [0, 0.05) is 31.7 Å². The predicted octanol–water partition coefficient (Wildman–Crippen LogP) is 4.64. The highest BCUT2D eigenvalue weighted by Gasteiger charge is 2.50. The van der Waals surface area contributed by atoms with Crippen LogP contribution in [-0.2, 0) is 11.2 Å². The van der Waals surface area contributed by atoms with Crippen LogP contribution in [0.2, 0.25) is 0 Å². The molecule has 2 amide bonds. The molecule has 34 heavy (non-hydrogen) atoms. The Morgan fingerprint density at radius 3 is 2.32 bits per heavy atom. The van der Waals surface area contributed by atoms with E-state index in [0.717, 1.165) is 63.6 Å². The molecule has 2 aliphatic heterocycles. The van der Waals surface area contributed by atoms with Crippen molar-refractivity contribution in [1.29, 1.82) is 0 Å². The van der Waals surface area contributed by atoms with Crippen molar-refractivity contribution in [2.24, 2.45) is 16.3 Å². The van der Waals surface area contributed by atoms with Crippen molar-refractivity contribution in [3.8, 4) is 0 Å². The minimum absolute atomic E-state index is 0.0436. The van der Waals surface area contributed by atoms with Crippen molar-refractivity contribution < 1.29 is 9.59 Å². The van der Waals surface area contributed by atoms with Gasteiger partial charge in [-0.05, 0) is 87.3 Å². The smallest absolute Gasteiger partial charge is 0.291 e. The Kier molecular flexibility index (Phi) is 7.34. The molecule has 4 rings (SSSR count). The number of amidine groups is 1. The maximum Gasteiger partial charge on any atom is 0.291 e. The third-order valence-electron chi connectivity index (χ3n) is 8.10. The van der Waals surface area contributed by atoms with Crippen molar-refractivity contribution in [3.05, 3.63) is 35.4 Å². The maximum absolute atomic E-state index is 13.7. The van der Waals surface area contributed by atoms with Crippen molar-refractivity contribution in [3.63, 3.8) is 0 Å². The Labute approximate surface area is 205 Å². The quantitative estimate of drug-likeness (QED) is 0.688. The van der Waals surface area contributed by atoms with Crippen LogP contribution in [0.15, 0.2) is 29.3 Å². The molecule has 1 aromatic carbocycles. The monoisotopic (exact) mass is 466 g/mol. The lowest BCUT2D eigenvalue weighted by molar-refractivity contribution is -0.130. The van der Waals surface area contributed by atoms with E-state index in [1.807, 2.05) is 31.2 Å². The Morgan fingerprint density at radius 1 is 1.09 bits per heavy atom. The number of likely N-dealkylation sites (tertiary alicyclic amines) is 1. The summed E-state index contributed by atoms with van der Waals surface area (Å²) in [6.45, 7) is 12.1. The Bertz CT molecular complexity index is 901. The molecular weight excluding hydrogens is 424 g/mol. The van der Waals surface area contributed by atoms with Crippen LogP contribution in [0.1, 0.15) is 88.6 Å². The molecule has 6 heteroatoms. The van der Waals surface area contributed by atoms with Gasteiger partial charge in [-0.15, -0.1) is 0 Å². The van der Waals surface area contributed by atoms with Gasteiger partial charge in [-0.2, -0.15) is 0 Å². The average molecular weight is 467 g/mol. The maximum atomic E-state index is 13.7. The third-order valence-corrected chi connectivity index (χ3v) is 8.10. The number of nitrogens with zero attached hydrogens (tertiary/aromatic N) is 3. The molecule has 1 N–H and O–H groups in total. The van der Waals surface area contributed by atoms with E-state index >= 15 is 0 Å². The van der Waals surface area contributed by atoms with E-state index in [-0.39, 0.29) is 17.5 Å². The van der Waals surface area contributed by atoms with Gasteiger partial charge in [0.1, 0.15) is 5.66 Å². The largest absolute Gasteiger partial charge is 0.352 e. The van der Waals surface area contributed by atoms with Crippen molar-refractivity contribution in [2.75, 3.05) is 26.2 Å². The van der Waals surface area contributed by atoms with Crippen molar-refractivity contribution in [1.82, 2.24) is 15.1 Å². The third kappa shape index (κ3) is 5.16. The molecule has 1 aromatic rings. The van der Waals surface area contributed by atoms with Crippen LogP contribution in [0, 0.1) is 11.3 Å². The van der Waals surface area contributed by atoms with Gasteiger partial charge in [-0.3, -0.25) is 9.59 Å². The van der Waals surface area contributed by atoms with Gasteiger partial charge < -0.3 is 15.1 Å². The number of aliphatic imine (C=N–C) groups is 1. The van der Waals surface area contributed by atoms with Gasteiger partial charge in [0.2, 0.25) is 0 Å². The summed E-state index contributed by atoms with van der Waals surface area (Å²) >= 11 is 0.